The summed E-state index contributed by atoms with van der Waals surface area (Å²) >= 11 is -0.0288. The summed E-state index contributed by atoms with van der Waals surface area (Å²) in [5.74, 6) is -2.21. The first-order chi connectivity index (χ1) is 28.4. The first-order valence-electron chi connectivity index (χ1n) is 18.9. The zero-order chi connectivity index (χ0) is 43.1. The molecular formula is C39H39F3N8O8S2. The number of imide groups is 1. The van der Waals surface area contributed by atoms with Gasteiger partial charge in [-0.3, -0.25) is 39.2 Å². The highest BCUT2D eigenvalue weighted by molar-refractivity contribution is 7.90. The summed E-state index contributed by atoms with van der Waals surface area (Å²) in [5.41, 5.74) is -2.41. The molecule has 16 nitrogen and oxygen atoms in total. The van der Waals surface area contributed by atoms with E-state index in [9.17, 15) is 50.2 Å². The molecule has 3 fully saturated rings. The molecule has 1 atom stereocenters. The van der Waals surface area contributed by atoms with Crippen LogP contribution >= 0.6 is 0 Å². The molecule has 0 aromatic heterocycles. The van der Waals surface area contributed by atoms with Crippen molar-refractivity contribution in [3.63, 3.8) is 0 Å². The zero-order valence-corrected chi connectivity index (χ0v) is 34.0. The molecule has 3 saturated heterocycles. The first kappa shape index (κ1) is 42.3. The third kappa shape index (κ3) is 7.94. The van der Waals surface area contributed by atoms with Crippen LogP contribution in [0.25, 0.3) is 0 Å². The average Bonchev–Trinajstić information content (AvgIpc) is 3.54. The Hall–Kier alpha value is -5.82. The molecule has 4 amide bonds. The largest absolute Gasteiger partial charge is 0.492 e. The van der Waals surface area contributed by atoms with Gasteiger partial charge in [-0.05, 0) is 80.9 Å². The van der Waals surface area contributed by atoms with Crippen LogP contribution in [0, 0.1) is 11.3 Å². The Labute approximate surface area is 346 Å². The molecule has 7 rings (SSSR count). The number of sulfonamides is 1. The maximum Gasteiger partial charge on any atom is 0.417 e. The van der Waals surface area contributed by atoms with Gasteiger partial charge in [0.05, 0.1) is 28.4 Å². The van der Waals surface area contributed by atoms with Gasteiger partial charge < -0.3 is 15.0 Å². The predicted octanol–water partition coefficient (Wildman–Crippen LogP) is 2.57. The zero-order valence-electron chi connectivity index (χ0n) is 32.3. The van der Waals surface area contributed by atoms with E-state index in [4.69, 9.17) is 4.74 Å². The van der Waals surface area contributed by atoms with E-state index in [0.717, 1.165) is 37.1 Å². The van der Waals surface area contributed by atoms with Crippen LogP contribution in [-0.4, -0.2) is 119 Å². The number of piperazine rings is 1. The first-order valence-corrected chi connectivity index (χ1v) is 21.0. The Morgan fingerprint density at radius 3 is 2.25 bits per heavy atom. The molecule has 2 N–H and O–H groups in total. The van der Waals surface area contributed by atoms with Gasteiger partial charge in [-0.15, -0.1) is 0 Å². The summed E-state index contributed by atoms with van der Waals surface area (Å²) in [7, 11) is -4.29. The second kappa shape index (κ2) is 16.3. The molecule has 1 unspecified atom stereocenters. The van der Waals surface area contributed by atoms with Gasteiger partial charge in [0.2, 0.25) is 11.0 Å². The van der Waals surface area contributed by atoms with Crippen LogP contribution in [0.15, 0.2) is 65.6 Å². The standard InChI is InChI=1S/C39H39F3N8O8S2/c1-38(2)36(54)48(27-5-3-24(23-43)30(22-27)39(40,41)42)37(59-55)49(38)26-6-8-28(9-7-26)58-20-19-47-17-15-46(16-18-47)14-13-44-25-4-10-29-32(21-25)60(56,57)50(35(29)53)31-11-12-33(51)45-34(31)52/h3-10,21-22,31,44H,11-20H2,1-2H3,(H,45,51,52). The van der Waals surface area contributed by atoms with E-state index in [2.05, 4.69) is 20.4 Å². The molecule has 0 bridgehead atoms. The molecule has 316 valence electrons. The average molecular weight is 869 g/mol. The summed E-state index contributed by atoms with van der Waals surface area (Å²) in [6.45, 7) is 8.44. The number of rotatable bonds is 11. The van der Waals surface area contributed by atoms with Gasteiger partial charge in [-0.1, -0.05) is 0 Å². The summed E-state index contributed by atoms with van der Waals surface area (Å²) < 4.78 is 86.9. The smallest absolute Gasteiger partial charge is 0.417 e. The highest BCUT2D eigenvalue weighted by Crippen LogP contribution is 2.40. The number of halogens is 3. The molecule has 4 aliphatic rings. The van der Waals surface area contributed by atoms with E-state index in [1.165, 1.54) is 29.2 Å². The number of nitriles is 1. The van der Waals surface area contributed by atoms with Crippen molar-refractivity contribution in [2.24, 2.45) is 0 Å². The lowest BCUT2D eigenvalue weighted by molar-refractivity contribution is -0.138. The fourth-order valence-electron chi connectivity index (χ4n) is 7.68. The quantitative estimate of drug-likeness (QED) is 0.211. The minimum absolute atomic E-state index is 0.0252. The number of hydrogen-bond acceptors (Lipinski definition) is 12. The number of fused-ring (bicyclic) bond motifs is 1. The minimum Gasteiger partial charge on any atom is -0.492 e. The van der Waals surface area contributed by atoms with Crippen LogP contribution in [0.3, 0.4) is 0 Å². The van der Waals surface area contributed by atoms with Gasteiger partial charge in [0.25, 0.3) is 27.7 Å². The van der Waals surface area contributed by atoms with Crippen molar-refractivity contribution in [1.82, 2.24) is 19.4 Å². The van der Waals surface area contributed by atoms with Crippen molar-refractivity contribution >= 4 is 67.1 Å². The molecule has 0 aliphatic carbocycles. The Kier molecular flexibility index (Phi) is 11.5. The van der Waals surface area contributed by atoms with E-state index in [1.807, 2.05) is 0 Å². The number of anilines is 3. The van der Waals surface area contributed by atoms with Gasteiger partial charge in [0.15, 0.2) is 0 Å². The molecule has 4 aliphatic heterocycles. The molecule has 21 heteroatoms. The minimum atomic E-state index is -4.85. The third-order valence-corrected chi connectivity index (χ3v) is 13.2. The number of amides is 4. The monoisotopic (exact) mass is 868 g/mol. The molecule has 0 saturated carbocycles. The van der Waals surface area contributed by atoms with Crippen LogP contribution in [-0.2, 0) is 41.8 Å². The van der Waals surface area contributed by atoms with E-state index >= 15 is 0 Å². The van der Waals surface area contributed by atoms with Gasteiger partial charge >= 0.3 is 6.18 Å². The second-order valence-electron chi connectivity index (χ2n) is 15.0. The lowest BCUT2D eigenvalue weighted by Crippen LogP contribution is -2.54. The Balaban J connectivity index is 0.878. The van der Waals surface area contributed by atoms with Gasteiger partial charge in [0, 0.05) is 63.6 Å². The molecule has 60 heavy (non-hydrogen) atoms. The number of carbonyl (C=O) groups is 4. The maximum absolute atomic E-state index is 13.7. The molecule has 3 aromatic rings. The van der Waals surface area contributed by atoms with Crippen molar-refractivity contribution in [2.75, 3.05) is 67.5 Å². The Bertz CT molecular complexity index is 2460. The third-order valence-electron chi connectivity index (χ3n) is 10.9. The second-order valence-corrected chi connectivity index (χ2v) is 17.3. The van der Waals surface area contributed by atoms with Crippen molar-refractivity contribution in [2.45, 2.75) is 49.3 Å². The maximum atomic E-state index is 13.7. The van der Waals surface area contributed by atoms with Crippen LogP contribution in [0.5, 0.6) is 5.75 Å². The highest BCUT2D eigenvalue weighted by atomic mass is 32.2. The number of nitrogens with zero attached hydrogens (tertiary/aromatic N) is 6. The molecule has 0 radical (unpaired) electrons. The van der Waals surface area contributed by atoms with E-state index in [1.54, 1.807) is 44.2 Å². The summed E-state index contributed by atoms with van der Waals surface area (Å²) in [5, 5.41) is 14.4. The summed E-state index contributed by atoms with van der Waals surface area (Å²) in [4.78, 5) is 57.3. The van der Waals surface area contributed by atoms with Gasteiger partial charge in [0.1, 0.15) is 40.1 Å². The predicted molar refractivity (Wildman–Crippen MR) is 213 cm³/mol. The Morgan fingerprint density at radius 2 is 1.62 bits per heavy atom. The molecular weight excluding hydrogens is 830 g/mol. The molecule has 4 heterocycles. The fourth-order valence-corrected chi connectivity index (χ4v) is 10.1. The van der Waals surface area contributed by atoms with Crippen molar-refractivity contribution in [3.8, 4) is 11.8 Å². The van der Waals surface area contributed by atoms with Crippen molar-refractivity contribution < 1.29 is 49.7 Å². The fraction of sp³-hybridized carbons (Fsp3) is 0.385. The van der Waals surface area contributed by atoms with Gasteiger partial charge in [-0.25, -0.2) is 16.9 Å². The number of benzene rings is 3. The SMILES string of the molecule is CC1(C)C(=O)N(c2ccc(C#N)c(C(F)(F)F)c2)C(=S=O)N1c1ccc(OCCN2CCN(CCNc3ccc4c(c3)S(=O)(=O)N(C3CCC(=O)NC3=O)C4=O)CC2)cc1. The van der Waals surface area contributed by atoms with E-state index in [-0.39, 0.29) is 45.4 Å². The van der Waals surface area contributed by atoms with E-state index in [0.29, 0.717) is 53.7 Å². The molecule has 3 aromatic carbocycles. The lowest BCUT2D eigenvalue weighted by Gasteiger charge is -2.34. The van der Waals surface area contributed by atoms with Crippen LogP contribution in [0.2, 0.25) is 0 Å². The van der Waals surface area contributed by atoms with Crippen molar-refractivity contribution in [1.29, 1.82) is 5.26 Å². The topological polar surface area (TPSA) is 193 Å². The highest BCUT2D eigenvalue weighted by Gasteiger charge is 2.52. The van der Waals surface area contributed by atoms with E-state index < -0.39 is 62.5 Å². The number of nitrogens with one attached hydrogen (secondary N) is 2. The van der Waals surface area contributed by atoms with Crippen molar-refractivity contribution in [3.05, 3.63) is 77.4 Å². The number of ether oxygens (including phenoxy) is 1. The summed E-state index contributed by atoms with van der Waals surface area (Å²) in [6.07, 6.45) is -5.00. The normalized spacial score (nSPS) is 20.6. The van der Waals surface area contributed by atoms with Crippen LogP contribution in [0.4, 0.5) is 30.2 Å². The lowest BCUT2D eigenvalue weighted by atomic mass is 10.0. The number of piperidine rings is 1. The van der Waals surface area contributed by atoms with Gasteiger partial charge in [-0.2, -0.15) is 18.4 Å². The number of hydrogen-bond donors (Lipinski definition) is 2. The van der Waals surface area contributed by atoms with Crippen LogP contribution < -0.4 is 25.2 Å². The Morgan fingerprint density at radius 1 is 0.950 bits per heavy atom. The molecule has 0 spiro atoms. The summed E-state index contributed by atoms with van der Waals surface area (Å²) in [6, 6.07) is 14.2. The number of carbonyl (C=O) groups excluding carboxylic acids is 4. The number of alkyl halides is 3. The van der Waals surface area contributed by atoms with Crippen LogP contribution in [0.1, 0.15) is 48.2 Å².